The Labute approximate surface area is 279 Å². The maximum absolute atomic E-state index is 14.3. The van der Waals surface area contributed by atoms with Gasteiger partial charge in [-0.25, -0.2) is 16.8 Å². The second kappa shape index (κ2) is 14.1. The molecule has 6 aromatic rings. The van der Waals surface area contributed by atoms with Gasteiger partial charge >= 0.3 is 0 Å². The van der Waals surface area contributed by atoms with Crippen molar-refractivity contribution in [1.82, 2.24) is 9.97 Å². The van der Waals surface area contributed by atoms with Gasteiger partial charge in [0.15, 0.2) is 19.7 Å². The zero-order valence-corrected chi connectivity index (χ0v) is 27.4. The van der Waals surface area contributed by atoms with Crippen LogP contribution in [0, 0.1) is 0 Å². The van der Waals surface area contributed by atoms with Crippen LogP contribution in [-0.4, -0.2) is 44.1 Å². The zero-order chi connectivity index (χ0) is 33.6. The summed E-state index contributed by atoms with van der Waals surface area (Å²) in [5, 5.41) is 0.700. The predicted octanol–water partition coefficient (Wildman–Crippen LogP) is 7.97. The van der Waals surface area contributed by atoms with Crippen molar-refractivity contribution in [2.45, 2.75) is 9.79 Å². The van der Waals surface area contributed by atoms with E-state index >= 15 is 0 Å². The van der Waals surface area contributed by atoms with E-state index < -0.39 is 25.5 Å². The van der Waals surface area contributed by atoms with E-state index in [1.807, 2.05) is 72.8 Å². The van der Waals surface area contributed by atoms with E-state index in [2.05, 4.69) is 9.97 Å². The standard InChI is InChI=1S/C39H32N2O5S2/c42-37(35-38(31-23-11-13-25-33(31)40-35)47(43,44)27-15-3-9-21-29-17-5-1-6-18-29)36-39(32-24-12-14-26-34(32)41-36)48(45,46)28-16-4-10-22-30-19-7-2-8-20-30/h1-26,40-41H,27-28H2. The number of aromatic nitrogens is 2. The average Bonchev–Trinajstić information content (AvgIpc) is 3.69. The van der Waals surface area contributed by atoms with E-state index in [0.717, 1.165) is 11.1 Å². The molecule has 240 valence electrons. The van der Waals surface area contributed by atoms with Crippen LogP contribution < -0.4 is 0 Å². The van der Waals surface area contributed by atoms with E-state index in [-0.39, 0.29) is 32.7 Å². The van der Waals surface area contributed by atoms with Crippen LogP contribution in [0.2, 0.25) is 0 Å². The summed E-state index contributed by atoms with van der Waals surface area (Å²) in [6.07, 6.45) is 13.5. The van der Waals surface area contributed by atoms with Crippen LogP contribution in [0.25, 0.3) is 34.0 Å². The highest BCUT2D eigenvalue weighted by Gasteiger charge is 2.33. The first kappa shape index (κ1) is 32.4. The van der Waals surface area contributed by atoms with Crippen molar-refractivity contribution in [3.8, 4) is 0 Å². The molecule has 0 radical (unpaired) electrons. The van der Waals surface area contributed by atoms with Crippen LogP contribution in [0.1, 0.15) is 27.3 Å². The highest BCUT2D eigenvalue weighted by molar-refractivity contribution is 7.92. The third-order valence-electron chi connectivity index (χ3n) is 7.70. The Bertz CT molecular complexity index is 2260. The fraction of sp³-hybridized carbons (Fsp3) is 0.0513. The molecule has 0 unspecified atom stereocenters. The number of carbonyl (C=O) groups excluding carboxylic acids is 1. The van der Waals surface area contributed by atoms with Gasteiger partial charge in [-0.3, -0.25) is 4.79 Å². The molecule has 0 bridgehead atoms. The normalized spacial score (nSPS) is 12.8. The number of hydrogen-bond donors (Lipinski definition) is 2. The van der Waals surface area contributed by atoms with E-state index in [0.29, 0.717) is 21.8 Å². The van der Waals surface area contributed by atoms with Crippen LogP contribution in [0.15, 0.2) is 155 Å². The van der Waals surface area contributed by atoms with Gasteiger partial charge in [-0.05, 0) is 23.3 Å². The minimum Gasteiger partial charge on any atom is -0.351 e. The molecule has 2 aromatic heterocycles. The van der Waals surface area contributed by atoms with Gasteiger partial charge in [-0.1, -0.05) is 146 Å². The van der Waals surface area contributed by atoms with Gasteiger partial charge in [-0.2, -0.15) is 0 Å². The van der Waals surface area contributed by atoms with Crippen molar-refractivity contribution in [1.29, 1.82) is 0 Å². The quantitative estimate of drug-likeness (QED) is 0.101. The summed E-state index contributed by atoms with van der Waals surface area (Å²) < 4.78 is 55.5. The molecule has 48 heavy (non-hydrogen) atoms. The smallest absolute Gasteiger partial charge is 0.228 e. The Morgan fingerprint density at radius 2 is 0.875 bits per heavy atom. The number of allylic oxidation sites excluding steroid dienone is 4. The molecule has 0 amide bonds. The van der Waals surface area contributed by atoms with Crippen molar-refractivity contribution in [3.05, 3.63) is 168 Å². The van der Waals surface area contributed by atoms with Crippen molar-refractivity contribution >= 4 is 59.4 Å². The number of para-hydroxylation sites is 2. The Hall–Kier alpha value is -5.51. The fourth-order valence-corrected chi connectivity index (χ4v) is 8.47. The summed E-state index contributed by atoms with van der Waals surface area (Å²) in [7, 11) is -8.10. The van der Waals surface area contributed by atoms with Crippen molar-refractivity contribution < 1.29 is 21.6 Å². The van der Waals surface area contributed by atoms with Crippen molar-refractivity contribution in [2.24, 2.45) is 0 Å². The monoisotopic (exact) mass is 672 g/mol. The summed E-state index contributed by atoms with van der Waals surface area (Å²) in [6.45, 7) is 0. The molecule has 0 aliphatic carbocycles. The Balaban J connectivity index is 1.35. The van der Waals surface area contributed by atoms with E-state index in [9.17, 15) is 21.6 Å². The molecule has 0 atom stereocenters. The van der Waals surface area contributed by atoms with Gasteiger partial charge in [0.1, 0.15) is 21.2 Å². The number of rotatable bonds is 12. The molecule has 0 spiro atoms. The lowest BCUT2D eigenvalue weighted by atomic mass is 10.2. The molecule has 0 saturated carbocycles. The van der Waals surface area contributed by atoms with Crippen molar-refractivity contribution in [2.75, 3.05) is 11.5 Å². The summed E-state index contributed by atoms with van der Waals surface area (Å²) in [5.74, 6) is -1.50. The SMILES string of the molecule is O=C(c1[nH]c2ccccc2c1S(=O)(=O)CC=CC=Cc1ccccc1)c1[nH]c2ccccc2c1S(=O)(=O)CC=CC=Cc1ccccc1. The number of sulfone groups is 2. The lowest BCUT2D eigenvalue weighted by molar-refractivity contribution is 0.102. The topological polar surface area (TPSA) is 117 Å². The molecule has 2 heterocycles. The molecule has 6 rings (SSSR count). The van der Waals surface area contributed by atoms with Gasteiger partial charge in [0, 0.05) is 21.8 Å². The first-order valence-corrected chi connectivity index (χ1v) is 18.5. The first-order valence-electron chi connectivity index (χ1n) is 15.2. The molecule has 7 nitrogen and oxygen atoms in total. The molecular formula is C39H32N2O5S2. The minimum absolute atomic E-state index is 0.173. The number of aromatic amines is 2. The third kappa shape index (κ3) is 7.07. The second-order valence-electron chi connectivity index (χ2n) is 11.0. The zero-order valence-electron chi connectivity index (χ0n) is 25.8. The molecule has 0 fully saturated rings. The van der Waals surface area contributed by atoms with Gasteiger partial charge in [0.05, 0.1) is 11.5 Å². The van der Waals surface area contributed by atoms with E-state index in [4.69, 9.17) is 0 Å². The van der Waals surface area contributed by atoms with Crippen LogP contribution in [0.5, 0.6) is 0 Å². The minimum atomic E-state index is -4.05. The lowest BCUT2D eigenvalue weighted by Crippen LogP contribution is -2.15. The van der Waals surface area contributed by atoms with E-state index in [1.165, 1.54) is 12.2 Å². The number of H-pyrrole nitrogens is 2. The molecule has 0 saturated heterocycles. The number of benzene rings is 4. The third-order valence-corrected chi connectivity index (χ3v) is 11.0. The molecule has 4 aromatic carbocycles. The highest BCUT2D eigenvalue weighted by atomic mass is 32.2. The molecule has 2 N–H and O–H groups in total. The number of fused-ring (bicyclic) bond motifs is 2. The second-order valence-corrected chi connectivity index (χ2v) is 15.0. The largest absolute Gasteiger partial charge is 0.351 e. The maximum atomic E-state index is 14.3. The Morgan fingerprint density at radius 1 is 0.500 bits per heavy atom. The van der Waals surface area contributed by atoms with Gasteiger partial charge < -0.3 is 9.97 Å². The van der Waals surface area contributed by atoms with Gasteiger partial charge in [0.2, 0.25) is 5.78 Å². The van der Waals surface area contributed by atoms with Crippen LogP contribution >= 0.6 is 0 Å². The summed E-state index contributed by atoms with van der Waals surface area (Å²) >= 11 is 0. The Morgan fingerprint density at radius 3 is 1.29 bits per heavy atom. The summed E-state index contributed by atoms with van der Waals surface area (Å²) in [5.41, 5.74) is 2.43. The average molecular weight is 673 g/mol. The summed E-state index contributed by atoms with van der Waals surface area (Å²) in [6, 6.07) is 32.7. The Kier molecular flexibility index (Phi) is 9.52. The fourth-order valence-electron chi connectivity index (χ4n) is 5.47. The maximum Gasteiger partial charge on any atom is 0.228 e. The van der Waals surface area contributed by atoms with Crippen LogP contribution in [0.4, 0.5) is 0 Å². The molecular weight excluding hydrogens is 641 g/mol. The molecule has 0 aliphatic heterocycles. The van der Waals surface area contributed by atoms with Gasteiger partial charge in [0.25, 0.3) is 0 Å². The first-order chi connectivity index (χ1) is 23.2. The van der Waals surface area contributed by atoms with Crippen molar-refractivity contribution in [3.63, 3.8) is 0 Å². The van der Waals surface area contributed by atoms with Crippen LogP contribution in [-0.2, 0) is 19.7 Å². The predicted molar refractivity (Wildman–Crippen MR) is 193 cm³/mol. The highest BCUT2D eigenvalue weighted by Crippen LogP contribution is 2.34. The molecule has 0 aliphatic rings. The number of hydrogen-bond acceptors (Lipinski definition) is 5. The number of ketones is 1. The molecule has 9 heteroatoms. The van der Waals surface area contributed by atoms with E-state index in [1.54, 1.807) is 72.8 Å². The number of carbonyl (C=O) groups is 1. The lowest BCUT2D eigenvalue weighted by Gasteiger charge is -2.07. The van der Waals surface area contributed by atoms with Crippen LogP contribution in [0.3, 0.4) is 0 Å². The number of nitrogens with one attached hydrogen (secondary N) is 2. The van der Waals surface area contributed by atoms with Gasteiger partial charge in [-0.15, -0.1) is 0 Å². The summed E-state index contributed by atoms with van der Waals surface area (Å²) in [4.78, 5) is 20.0.